The fourth-order valence-corrected chi connectivity index (χ4v) is 1.43. The SMILES string of the molecule is NC(N)=NN=Cc1c(O)ccc(Cl)c1Br. The van der Waals surface area contributed by atoms with Crippen LogP contribution in [-0.2, 0) is 0 Å². The van der Waals surface area contributed by atoms with E-state index in [2.05, 4.69) is 26.1 Å². The zero-order valence-corrected chi connectivity index (χ0v) is 9.83. The highest BCUT2D eigenvalue weighted by Crippen LogP contribution is 2.31. The number of halogens is 2. The highest BCUT2D eigenvalue weighted by atomic mass is 79.9. The van der Waals surface area contributed by atoms with Gasteiger partial charge >= 0.3 is 0 Å². The van der Waals surface area contributed by atoms with Crippen LogP contribution in [0.3, 0.4) is 0 Å². The Morgan fingerprint density at radius 2 is 2.13 bits per heavy atom. The van der Waals surface area contributed by atoms with E-state index >= 15 is 0 Å². The molecule has 0 saturated heterocycles. The van der Waals surface area contributed by atoms with Crippen molar-refractivity contribution in [1.82, 2.24) is 0 Å². The third-order valence-corrected chi connectivity index (χ3v) is 2.87. The van der Waals surface area contributed by atoms with Crippen LogP contribution in [0.15, 0.2) is 26.8 Å². The van der Waals surface area contributed by atoms with Gasteiger partial charge in [-0.15, -0.1) is 5.10 Å². The van der Waals surface area contributed by atoms with Crippen LogP contribution in [0.1, 0.15) is 5.56 Å². The van der Waals surface area contributed by atoms with Gasteiger partial charge in [0.05, 0.1) is 16.8 Å². The van der Waals surface area contributed by atoms with Gasteiger partial charge in [-0.3, -0.25) is 0 Å². The first kappa shape index (κ1) is 11.8. The highest BCUT2D eigenvalue weighted by molar-refractivity contribution is 9.10. The number of aromatic hydroxyl groups is 1. The van der Waals surface area contributed by atoms with Gasteiger partial charge < -0.3 is 16.6 Å². The zero-order valence-electron chi connectivity index (χ0n) is 7.48. The van der Waals surface area contributed by atoms with E-state index in [0.717, 1.165) is 0 Å². The van der Waals surface area contributed by atoms with Crippen molar-refractivity contribution in [2.75, 3.05) is 0 Å². The van der Waals surface area contributed by atoms with E-state index in [9.17, 15) is 5.11 Å². The topological polar surface area (TPSA) is 97.0 Å². The molecule has 0 heterocycles. The van der Waals surface area contributed by atoms with E-state index in [0.29, 0.717) is 15.1 Å². The van der Waals surface area contributed by atoms with Gasteiger partial charge in [0.25, 0.3) is 0 Å². The lowest BCUT2D eigenvalue weighted by atomic mass is 10.2. The average Bonchev–Trinajstić information content (AvgIpc) is 2.17. The van der Waals surface area contributed by atoms with Crippen molar-refractivity contribution in [3.8, 4) is 5.75 Å². The fourth-order valence-electron chi connectivity index (χ4n) is 0.832. The summed E-state index contributed by atoms with van der Waals surface area (Å²) in [7, 11) is 0. The molecular formula is C8H8BrClN4O. The zero-order chi connectivity index (χ0) is 11.4. The van der Waals surface area contributed by atoms with E-state index in [4.69, 9.17) is 23.1 Å². The lowest BCUT2D eigenvalue weighted by molar-refractivity contribution is 0.474. The van der Waals surface area contributed by atoms with Crippen LogP contribution in [0.25, 0.3) is 0 Å². The first-order chi connectivity index (χ1) is 7.02. The van der Waals surface area contributed by atoms with Crippen LogP contribution >= 0.6 is 27.5 Å². The van der Waals surface area contributed by atoms with Crippen LogP contribution in [-0.4, -0.2) is 17.3 Å². The van der Waals surface area contributed by atoms with Crippen molar-refractivity contribution in [3.63, 3.8) is 0 Å². The molecule has 5 N–H and O–H groups in total. The summed E-state index contributed by atoms with van der Waals surface area (Å²) in [6, 6.07) is 3.00. The van der Waals surface area contributed by atoms with Crippen molar-refractivity contribution in [2.24, 2.45) is 21.7 Å². The molecule has 7 heteroatoms. The summed E-state index contributed by atoms with van der Waals surface area (Å²) in [4.78, 5) is 0. The van der Waals surface area contributed by atoms with Crippen molar-refractivity contribution < 1.29 is 5.11 Å². The molecule has 5 nitrogen and oxygen atoms in total. The predicted molar refractivity (Wildman–Crippen MR) is 64.2 cm³/mol. The number of benzene rings is 1. The number of nitrogens with two attached hydrogens (primary N) is 2. The highest BCUT2D eigenvalue weighted by Gasteiger charge is 2.07. The third kappa shape index (κ3) is 3.10. The van der Waals surface area contributed by atoms with Gasteiger partial charge in [0.1, 0.15) is 5.75 Å². The molecule has 0 aliphatic carbocycles. The maximum atomic E-state index is 9.49. The molecule has 0 bridgehead atoms. The van der Waals surface area contributed by atoms with Crippen molar-refractivity contribution in [2.45, 2.75) is 0 Å². The molecule has 0 aliphatic heterocycles. The smallest absolute Gasteiger partial charge is 0.211 e. The summed E-state index contributed by atoms with van der Waals surface area (Å²) in [6.45, 7) is 0. The molecule has 80 valence electrons. The monoisotopic (exact) mass is 290 g/mol. The molecule has 0 unspecified atom stereocenters. The second kappa shape index (κ2) is 4.99. The van der Waals surface area contributed by atoms with Crippen LogP contribution in [0.5, 0.6) is 5.75 Å². The van der Waals surface area contributed by atoms with E-state index in [1.165, 1.54) is 12.3 Å². The molecule has 0 amide bonds. The van der Waals surface area contributed by atoms with Gasteiger partial charge in [-0.05, 0) is 28.1 Å². The normalized spacial score (nSPS) is 10.5. The first-order valence-electron chi connectivity index (χ1n) is 3.81. The van der Waals surface area contributed by atoms with E-state index < -0.39 is 0 Å². The summed E-state index contributed by atoms with van der Waals surface area (Å²) in [5.41, 5.74) is 10.6. The lowest BCUT2D eigenvalue weighted by Gasteiger charge is -2.02. The second-order valence-electron chi connectivity index (χ2n) is 2.56. The molecular weight excluding hydrogens is 283 g/mol. The second-order valence-corrected chi connectivity index (χ2v) is 3.76. The summed E-state index contributed by atoms with van der Waals surface area (Å²) >= 11 is 9.03. The Bertz CT molecular complexity index is 429. The summed E-state index contributed by atoms with van der Waals surface area (Å²) < 4.78 is 0.527. The number of hydrogen-bond donors (Lipinski definition) is 3. The van der Waals surface area contributed by atoms with Gasteiger partial charge in [0, 0.05) is 4.47 Å². The van der Waals surface area contributed by atoms with Crippen LogP contribution in [0.2, 0.25) is 5.02 Å². The molecule has 0 radical (unpaired) electrons. The van der Waals surface area contributed by atoms with Gasteiger partial charge in [0.2, 0.25) is 5.96 Å². The minimum atomic E-state index is -0.163. The maximum absolute atomic E-state index is 9.49. The summed E-state index contributed by atoms with van der Waals surface area (Å²) in [6.07, 6.45) is 1.30. The molecule has 15 heavy (non-hydrogen) atoms. The first-order valence-corrected chi connectivity index (χ1v) is 4.98. The Morgan fingerprint density at radius 3 is 2.73 bits per heavy atom. The molecule has 1 rings (SSSR count). The van der Waals surface area contributed by atoms with Gasteiger partial charge in [-0.25, -0.2) is 0 Å². The number of phenolic OH excluding ortho intramolecular Hbond substituents is 1. The molecule has 0 saturated carbocycles. The predicted octanol–water partition coefficient (Wildman–Crippen LogP) is 1.42. The van der Waals surface area contributed by atoms with Gasteiger partial charge in [0.15, 0.2) is 0 Å². The number of phenols is 1. The maximum Gasteiger partial charge on any atom is 0.211 e. The molecule has 0 atom stereocenters. The van der Waals surface area contributed by atoms with E-state index in [1.54, 1.807) is 6.07 Å². The molecule has 0 aliphatic rings. The molecule has 0 aromatic heterocycles. The molecule has 1 aromatic rings. The molecule has 0 spiro atoms. The standard InChI is InChI=1S/C8H8BrClN4O/c9-7-4(3-13-14-8(11)12)6(15)2-1-5(7)10/h1-3,15H,(H4,11,12,14). The molecule has 0 fully saturated rings. The Morgan fingerprint density at radius 1 is 1.47 bits per heavy atom. The van der Waals surface area contributed by atoms with E-state index in [1.807, 2.05) is 0 Å². The minimum absolute atomic E-state index is 0.0285. The van der Waals surface area contributed by atoms with Gasteiger partial charge in [-0.2, -0.15) is 5.10 Å². The fraction of sp³-hybridized carbons (Fsp3) is 0. The summed E-state index contributed by atoms with van der Waals surface area (Å²) in [5, 5.41) is 16.9. The average molecular weight is 292 g/mol. The third-order valence-electron chi connectivity index (χ3n) is 1.47. The Kier molecular flexibility index (Phi) is 3.93. The van der Waals surface area contributed by atoms with Crippen molar-refractivity contribution >= 4 is 39.7 Å². The Balaban J connectivity index is 3.09. The Hall–Kier alpha value is -1.27. The quantitative estimate of drug-likeness (QED) is 0.436. The van der Waals surface area contributed by atoms with Crippen molar-refractivity contribution in [3.05, 3.63) is 27.2 Å². The minimum Gasteiger partial charge on any atom is -0.507 e. The Labute approximate surface area is 99.6 Å². The van der Waals surface area contributed by atoms with E-state index in [-0.39, 0.29) is 11.7 Å². The van der Waals surface area contributed by atoms with Crippen molar-refractivity contribution in [1.29, 1.82) is 0 Å². The number of nitrogens with zero attached hydrogens (tertiary/aromatic N) is 2. The van der Waals surface area contributed by atoms with Crippen LogP contribution in [0.4, 0.5) is 0 Å². The molecule has 1 aromatic carbocycles. The number of rotatable bonds is 2. The summed E-state index contributed by atoms with van der Waals surface area (Å²) in [5.74, 6) is -0.135. The van der Waals surface area contributed by atoms with Crippen LogP contribution < -0.4 is 11.5 Å². The lowest BCUT2D eigenvalue weighted by Crippen LogP contribution is -2.21. The van der Waals surface area contributed by atoms with Crippen LogP contribution in [0, 0.1) is 0 Å². The van der Waals surface area contributed by atoms with Gasteiger partial charge in [-0.1, -0.05) is 11.6 Å². The largest absolute Gasteiger partial charge is 0.507 e. The number of guanidine groups is 1. The number of hydrogen-bond acceptors (Lipinski definition) is 3.